The zero-order valence-corrected chi connectivity index (χ0v) is 11.2. The van der Waals surface area contributed by atoms with Gasteiger partial charge in [0.2, 0.25) is 0 Å². The Morgan fingerprint density at radius 3 is 2.50 bits per heavy atom. The van der Waals surface area contributed by atoms with Crippen molar-refractivity contribution in [1.82, 2.24) is 9.97 Å². The van der Waals surface area contributed by atoms with Crippen LogP contribution in [0.15, 0.2) is 42.5 Å². The van der Waals surface area contributed by atoms with Gasteiger partial charge in [0, 0.05) is 18.1 Å². The predicted octanol–water partition coefficient (Wildman–Crippen LogP) is 2.97. The molecule has 0 spiro atoms. The number of H-pyrrole nitrogens is 1. The lowest BCUT2D eigenvalue weighted by molar-refractivity contribution is -0.394. The monoisotopic (exact) mass is 298 g/mol. The molecule has 0 fully saturated rings. The number of benzene rings is 2. The van der Waals surface area contributed by atoms with Gasteiger partial charge in [0.15, 0.2) is 0 Å². The van der Waals surface area contributed by atoms with Crippen molar-refractivity contribution in [2.75, 3.05) is 0 Å². The molecule has 110 valence electrons. The summed E-state index contributed by atoms with van der Waals surface area (Å²) in [5.41, 5.74) is 1.38. The number of aromatic nitrogens is 2. The minimum atomic E-state index is -0.655. The van der Waals surface area contributed by atoms with Gasteiger partial charge in [-0.15, -0.1) is 0 Å². The van der Waals surface area contributed by atoms with Crippen molar-refractivity contribution in [3.63, 3.8) is 0 Å². The van der Waals surface area contributed by atoms with E-state index in [1.165, 1.54) is 12.1 Å². The van der Waals surface area contributed by atoms with Gasteiger partial charge in [-0.25, -0.2) is 4.98 Å². The second-order valence-electron chi connectivity index (χ2n) is 4.70. The fraction of sp³-hybridized carbons (Fsp3) is 0.0714. The summed E-state index contributed by atoms with van der Waals surface area (Å²) in [6, 6.07) is 11.0. The SMILES string of the molecule is O=[N+]([O-])c1ccc(Cc2nc3ccccc3[nH]2)c([N+](=O)[O-])c1. The summed E-state index contributed by atoms with van der Waals surface area (Å²) < 4.78 is 0. The third-order valence-electron chi connectivity index (χ3n) is 3.27. The Hall–Kier alpha value is -3.29. The Morgan fingerprint density at radius 1 is 1.05 bits per heavy atom. The van der Waals surface area contributed by atoms with Gasteiger partial charge >= 0.3 is 0 Å². The van der Waals surface area contributed by atoms with E-state index in [-0.39, 0.29) is 17.8 Å². The van der Waals surface area contributed by atoms with Crippen LogP contribution in [0, 0.1) is 20.2 Å². The number of nitrogens with zero attached hydrogens (tertiary/aromatic N) is 3. The minimum absolute atomic E-state index is 0.197. The van der Waals surface area contributed by atoms with Gasteiger partial charge in [0.25, 0.3) is 11.4 Å². The molecule has 0 saturated carbocycles. The fourth-order valence-electron chi connectivity index (χ4n) is 2.26. The molecule has 0 amide bonds. The van der Waals surface area contributed by atoms with Crippen LogP contribution >= 0.6 is 0 Å². The highest BCUT2D eigenvalue weighted by Crippen LogP contribution is 2.26. The second-order valence-corrected chi connectivity index (χ2v) is 4.70. The lowest BCUT2D eigenvalue weighted by Gasteiger charge is -2.01. The number of fused-ring (bicyclic) bond motifs is 1. The van der Waals surface area contributed by atoms with E-state index in [1.807, 2.05) is 24.3 Å². The van der Waals surface area contributed by atoms with E-state index in [0.29, 0.717) is 11.4 Å². The fourth-order valence-corrected chi connectivity index (χ4v) is 2.26. The Labute approximate surface area is 123 Å². The summed E-state index contributed by atoms with van der Waals surface area (Å²) in [5.74, 6) is 0.568. The van der Waals surface area contributed by atoms with Gasteiger partial charge in [-0.2, -0.15) is 0 Å². The standard InChI is InChI=1S/C14H10N4O4/c19-17(20)10-6-5-9(13(8-10)18(21)22)7-14-15-11-3-1-2-4-12(11)16-14/h1-6,8H,7H2,(H,15,16). The van der Waals surface area contributed by atoms with Crippen LogP contribution in [0.25, 0.3) is 11.0 Å². The molecule has 8 heteroatoms. The molecule has 2 aromatic carbocycles. The number of nitro groups is 2. The molecule has 0 saturated heterocycles. The summed E-state index contributed by atoms with van der Waals surface area (Å²) >= 11 is 0. The summed E-state index contributed by atoms with van der Waals surface area (Å²) in [4.78, 5) is 28.0. The molecule has 3 rings (SSSR count). The third kappa shape index (κ3) is 2.49. The average molecular weight is 298 g/mol. The van der Waals surface area contributed by atoms with Gasteiger partial charge in [0.1, 0.15) is 5.82 Å². The Balaban J connectivity index is 2.00. The van der Waals surface area contributed by atoms with Gasteiger partial charge in [-0.05, 0) is 18.2 Å². The summed E-state index contributed by atoms with van der Waals surface area (Å²) in [5, 5.41) is 21.8. The first-order valence-electron chi connectivity index (χ1n) is 6.40. The van der Waals surface area contributed by atoms with E-state index in [2.05, 4.69) is 9.97 Å². The Morgan fingerprint density at radius 2 is 1.82 bits per heavy atom. The largest absolute Gasteiger partial charge is 0.342 e. The van der Waals surface area contributed by atoms with Crippen molar-refractivity contribution in [2.45, 2.75) is 6.42 Å². The molecular weight excluding hydrogens is 288 g/mol. The maximum Gasteiger partial charge on any atom is 0.279 e. The lowest BCUT2D eigenvalue weighted by Crippen LogP contribution is -1.99. The Kier molecular flexibility index (Phi) is 3.26. The van der Waals surface area contributed by atoms with Gasteiger partial charge in [-0.1, -0.05) is 12.1 Å². The van der Waals surface area contributed by atoms with Crippen LogP contribution in [0.4, 0.5) is 11.4 Å². The molecule has 1 aromatic heterocycles. The number of nitrogens with one attached hydrogen (secondary N) is 1. The number of para-hydroxylation sites is 2. The zero-order chi connectivity index (χ0) is 15.7. The molecule has 0 unspecified atom stereocenters. The molecule has 1 heterocycles. The quantitative estimate of drug-likeness (QED) is 0.587. The normalized spacial score (nSPS) is 10.7. The minimum Gasteiger partial charge on any atom is -0.342 e. The van der Waals surface area contributed by atoms with Crippen molar-refractivity contribution >= 4 is 22.4 Å². The molecule has 0 aliphatic heterocycles. The molecule has 8 nitrogen and oxygen atoms in total. The number of imidazole rings is 1. The zero-order valence-electron chi connectivity index (χ0n) is 11.2. The first kappa shape index (κ1) is 13.7. The number of non-ortho nitro benzene ring substituents is 1. The lowest BCUT2D eigenvalue weighted by atomic mass is 10.1. The molecule has 0 radical (unpaired) electrons. The maximum atomic E-state index is 11.1. The summed E-state index contributed by atoms with van der Waals surface area (Å²) in [6.45, 7) is 0. The van der Waals surface area contributed by atoms with E-state index in [0.717, 1.165) is 17.1 Å². The summed E-state index contributed by atoms with van der Waals surface area (Å²) in [7, 11) is 0. The molecule has 0 aliphatic carbocycles. The first-order chi connectivity index (χ1) is 10.5. The molecule has 22 heavy (non-hydrogen) atoms. The molecule has 1 N–H and O–H groups in total. The highest BCUT2D eigenvalue weighted by Gasteiger charge is 2.20. The topological polar surface area (TPSA) is 115 Å². The van der Waals surface area contributed by atoms with Crippen molar-refractivity contribution in [3.05, 3.63) is 74.1 Å². The van der Waals surface area contributed by atoms with Crippen LogP contribution in [-0.2, 0) is 6.42 Å². The van der Waals surface area contributed by atoms with Gasteiger partial charge in [0.05, 0.1) is 26.9 Å². The van der Waals surface area contributed by atoms with Crippen molar-refractivity contribution in [1.29, 1.82) is 0 Å². The van der Waals surface area contributed by atoms with E-state index in [4.69, 9.17) is 0 Å². The molecule has 3 aromatic rings. The molecule has 0 atom stereocenters. The van der Waals surface area contributed by atoms with Crippen LogP contribution in [0.5, 0.6) is 0 Å². The van der Waals surface area contributed by atoms with Crippen LogP contribution < -0.4 is 0 Å². The van der Waals surface area contributed by atoms with E-state index in [1.54, 1.807) is 0 Å². The van der Waals surface area contributed by atoms with E-state index >= 15 is 0 Å². The average Bonchev–Trinajstić information content (AvgIpc) is 2.89. The van der Waals surface area contributed by atoms with E-state index < -0.39 is 9.85 Å². The Bertz CT molecular complexity index is 854. The number of rotatable bonds is 4. The smallest absolute Gasteiger partial charge is 0.279 e. The van der Waals surface area contributed by atoms with E-state index in [9.17, 15) is 20.2 Å². The number of nitro benzene ring substituents is 2. The molecule has 0 bridgehead atoms. The van der Waals surface area contributed by atoms with Crippen LogP contribution in [-0.4, -0.2) is 19.8 Å². The van der Waals surface area contributed by atoms with Crippen LogP contribution in [0.2, 0.25) is 0 Å². The van der Waals surface area contributed by atoms with Crippen molar-refractivity contribution < 1.29 is 9.85 Å². The number of aromatic amines is 1. The third-order valence-corrected chi connectivity index (χ3v) is 3.27. The highest BCUT2D eigenvalue weighted by molar-refractivity contribution is 5.74. The van der Waals surface area contributed by atoms with Crippen LogP contribution in [0.1, 0.15) is 11.4 Å². The van der Waals surface area contributed by atoms with Crippen molar-refractivity contribution in [2.24, 2.45) is 0 Å². The molecular formula is C14H10N4O4. The highest BCUT2D eigenvalue weighted by atomic mass is 16.6. The van der Waals surface area contributed by atoms with Gasteiger partial charge < -0.3 is 4.98 Å². The van der Waals surface area contributed by atoms with Crippen molar-refractivity contribution in [3.8, 4) is 0 Å². The maximum absolute atomic E-state index is 11.1. The van der Waals surface area contributed by atoms with Crippen LogP contribution in [0.3, 0.4) is 0 Å². The number of hydrogen-bond acceptors (Lipinski definition) is 5. The van der Waals surface area contributed by atoms with Gasteiger partial charge in [-0.3, -0.25) is 20.2 Å². The molecule has 0 aliphatic rings. The second kappa shape index (κ2) is 5.24. The summed E-state index contributed by atoms with van der Waals surface area (Å²) in [6.07, 6.45) is 0.197. The predicted molar refractivity (Wildman–Crippen MR) is 78.7 cm³/mol. The number of hydrogen-bond donors (Lipinski definition) is 1. The first-order valence-corrected chi connectivity index (χ1v) is 6.40.